The summed E-state index contributed by atoms with van der Waals surface area (Å²) in [5.41, 5.74) is 0. The fraction of sp³-hybridized carbons (Fsp3) is 0.600. The number of aromatic nitrogens is 3. The number of aryl methyl sites for hydroxylation is 1. The van der Waals surface area contributed by atoms with Crippen LogP contribution in [0.2, 0.25) is 0 Å². The highest BCUT2D eigenvalue weighted by molar-refractivity contribution is 8.02. The predicted molar refractivity (Wildman–Crippen MR) is 95.6 cm³/mol. The molecule has 2 heterocycles. The zero-order valence-electron chi connectivity index (χ0n) is 13.7. The van der Waals surface area contributed by atoms with E-state index < -0.39 is 0 Å². The van der Waals surface area contributed by atoms with Crippen LogP contribution in [0.4, 0.5) is 10.9 Å². The highest BCUT2D eigenvalue weighted by atomic mass is 32.2. The average molecular weight is 368 g/mol. The molecule has 1 saturated carbocycles. The highest BCUT2D eigenvalue weighted by Gasteiger charge is 2.20. The first-order valence-corrected chi connectivity index (χ1v) is 9.80. The molecule has 9 heteroatoms. The third-order valence-electron chi connectivity index (χ3n) is 3.87. The van der Waals surface area contributed by atoms with Crippen LogP contribution in [0.3, 0.4) is 0 Å². The first-order chi connectivity index (χ1) is 11.6. The molecule has 1 fully saturated rings. The Labute approximate surface area is 149 Å². The molecule has 24 heavy (non-hydrogen) atoms. The zero-order chi connectivity index (χ0) is 16.9. The van der Waals surface area contributed by atoms with E-state index in [0.29, 0.717) is 17.6 Å². The molecular formula is C15H21N5O2S2. The van der Waals surface area contributed by atoms with Crippen molar-refractivity contribution in [2.24, 2.45) is 0 Å². The summed E-state index contributed by atoms with van der Waals surface area (Å²) in [5, 5.41) is 18.8. The maximum Gasteiger partial charge on any atom is 0.238 e. The Hall–Kier alpha value is -1.61. The SMILES string of the molecule is Cc1cc(NC(=O)[C@H](C)Sc2nnc(NC3CCCCC3)s2)no1. The van der Waals surface area contributed by atoms with Crippen LogP contribution >= 0.6 is 23.1 Å². The largest absolute Gasteiger partial charge is 0.360 e. The van der Waals surface area contributed by atoms with Crippen molar-refractivity contribution in [1.29, 1.82) is 0 Å². The van der Waals surface area contributed by atoms with Crippen LogP contribution in [-0.2, 0) is 4.79 Å². The van der Waals surface area contributed by atoms with E-state index in [9.17, 15) is 4.79 Å². The maximum atomic E-state index is 12.2. The van der Waals surface area contributed by atoms with E-state index in [1.54, 1.807) is 13.0 Å². The quantitative estimate of drug-likeness (QED) is 0.752. The van der Waals surface area contributed by atoms with Gasteiger partial charge in [-0.15, -0.1) is 10.2 Å². The second-order valence-electron chi connectivity index (χ2n) is 5.92. The van der Waals surface area contributed by atoms with Crippen LogP contribution in [0.15, 0.2) is 14.9 Å². The first kappa shape index (κ1) is 17.2. The van der Waals surface area contributed by atoms with Gasteiger partial charge in [-0.2, -0.15) is 0 Å². The van der Waals surface area contributed by atoms with Gasteiger partial charge in [0.05, 0.1) is 5.25 Å². The van der Waals surface area contributed by atoms with E-state index >= 15 is 0 Å². The predicted octanol–water partition coefficient (Wildman–Crippen LogP) is 3.70. The summed E-state index contributed by atoms with van der Waals surface area (Å²) in [6.07, 6.45) is 6.26. The number of nitrogens with zero attached hydrogens (tertiary/aromatic N) is 3. The average Bonchev–Trinajstić information content (AvgIpc) is 3.17. The molecule has 130 valence electrons. The standard InChI is InChI=1S/C15H21N5O2S2/c1-9-8-12(20-22-9)17-13(21)10(2)23-15-19-18-14(24-15)16-11-6-4-3-5-7-11/h8,10-11H,3-7H2,1-2H3,(H,16,18)(H,17,20,21)/t10-/m0/s1. The number of thioether (sulfide) groups is 1. The third-order valence-corrected chi connectivity index (χ3v) is 5.90. The summed E-state index contributed by atoms with van der Waals surface area (Å²) < 4.78 is 5.72. The van der Waals surface area contributed by atoms with Gasteiger partial charge >= 0.3 is 0 Å². The van der Waals surface area contributed by atoms with E-state index in [2.05, 4.69) is 26.0 Å². The maximum absolute atomic E-state index is 12.2. The van der Waals surface area contributed by atoms with Crippen LogP contribution in [0.1, 0.15) is 44.8 Å². The highest BCUT2D eigenvalue weighted by Crippen LogP contribution is 2.31. The molecule has 0 radical (unpaired) electrons. The number of carbonyl (C=O) groups excluding carboxylic acids is 1. The molecule has 0 aliphatic heterocycles. The van der Waals surface area contributed by atoms with Gasteiger partial charge in [-0.05, 0) is 26.7 Å². The van der Waals surface area contributed by atoms with Crippen LogP contribution in [0, 0.1) is 6.92 Å². The summed E-state index contributed by atoms with van der Waals surface area (Å²) in [5.74, 6) is 0.959. The first-order valence-electron chi connectivity index (χ1n) is 8.11. The Morgan fingerprint density at radius 3 is 2.88 bits per heavy atom. The molecule has 0 spiro atoms. The lowest BCUT2D eigenvalue weighted by Crippen LogP contribution is -2.22. The van der Waals surface area contributed by atoms with Gasteiger partial charge in [-0.25, -0.2) is 0 Å². The van der Waals surface area contributed by atoms with Crippen molar-refractivity contribution >= 4 is 40.0 Å². The van der Waals surface area contributed by atoms with Crippen LogP contribution in [0.5, 0.6) is 0 Å². The van der Waals surface area contributed by atoms with E-state index in [0.717, 1.165) is 9.47 Å². The number of amides is 1. The van der Waals surface area contributed by atoms with Gasteiger partial charge in [0.25, 0.3) is 0 Å². The van der Waals surface area contributed by atoms with Crippen LogP contribution in [0.25, 0.3) is 0 Å². The molecule has 1 aliphatic rings. The van der Waals surface area contributed by atoms with E-state index in [1.807, 2.05) is 6.92 Å². The van der Waals surface area contributed by atoms with Crippen molar-refractivity contribution in [2.75, 3.05) is 10.6 Å². The Morgan fingerprint density at radius 2 is 2.17 bits per heavy atom. The summed E-state index contributed by atoms with van der Waals surface area (Å²) in [7, 11) is 0. The minimum atomic E-state index is -0.294. The van der Waals surface area contributed by atoms with E-state index in [-0.39, 0.29) is 11.2 Å². The van der Waals surface area contributed by atoms with E-state index in [4.69, 9.17) is 4.52 Å². The molecule has 1 atom stereocenters. The van der Waals surface area contributed by atoms with Gasteiger partial charge in [0.15, 0.2) is 10.2 Å². The Bertz CT molecular complexity index is 681. The number of nitrogens with one attached hydrogen (secondary N) is 2. The lowest BCUT2D eigenvalue weighted by atomic mass is 9.96. The molecular weight excluding hydrogens is 346 g/mol. The molecule has 3 rings (SSSR count). The zero-order valence-corrected chi connectivity index (χ0v) is 15.4. The minimum absolute atomic E-state index is 0.134. The molecule has 0 unspecified atom stereocenters. The molecule has 2 aromatic heterocycles. The van der Waals surface area contributed by atoms with Crippen molar-refractivity contribution < 1.29 is 9.32 Å². The smallest absolute Gasteiger partial charge is 0.238 e. The number of hydrogen-bond donors (Lipinski definition) is 2. The summed E-state index contributed by atoms with van der Waals surface area (Å²) in [6, 6.07) is 2.19. The normalized spacial score (nSPS) is 16.8. The van der Waals surface area contributed by atoms with Crippen LogP contribution < -0.4 is 10.6 Å². The summed E-state index contributed by atoms with van der Waals surface area (Å²) in [6.45, 7) is 3.62. The molecule has 0 bridgehead atoms. The number of hydrogen-bond acceptors (Lipinski definition) is 8. The van der Waals surface area contributed by atoms with Gasteiger partial charge in [0, 0.05) is 12.1 Å². The van der Waals surface area contributed by atoms with Gasteiger partial charge in [0.2, 0.25) is 11.0 Å². The van der Waals surface area contributed by atoms with Crippen LogP contribution in [-0.4, -0.2) is 32.6 Å². The second kappa shape index (κ2) is 7.98. The molecule has 2 aromatic rings. The van der Waals surface area contributed by atoms with Crippen molar-refractivity contribution in [3.63, 3.8) is 0 Å². The lowest BCUT2D eigenvalue weighted by molar-refractivity contribution is -0.115. The summed E-state index contributed by atoms with van der Waals surface area (Å²) >= 11 is 2.89. The van der Waals surface area contributed by atoms with Gasteiger partial charge in [0.1, 0.15) is 5.76 Å². The molecule has 0 saturated heterocycles. The van der Waals surface area contributed by atoms with Crippen molar-refractivity contribution in [3.8, 4) is 0 Å². The van der Waals surface area contributed by atoms with Crippen molar-refractivity contribution in [3.05, 3.63) is 11.8 Å². The third kappa shape index (κ3) is 4.70. The fourth-order valence-electron chi connectivity index (χ4n) is 2.60. The molecule has 7 nitrogen and oxygen atoms in total. The van der Waals surface area contributed by atoms with Crippen molar-refractivity contribution in [2.45, 2.75) is 61.6 Å². The molecule has 1 aliphatic carbocycles. The Kier molecular flexibility index (Phi) is 5.72. The van der Waals surface area contributed by atoms with Crippen molar-refractivity contribution in [1.82, 2.24) is 15.4 Å². The number of anilines is 2. The lowest BCUT2D eigenvalue weighted by Gasteiger charge is -2.21. The van der Waals surface area contributed by atoms with Gasteiger partial charge < -0.3 is 15.2 Å². The summed E-state index contributed by atoms with van der Waals surface area (Å²) in [4.78, 5) is 12.2. The topological polar surface area (TPSA) is 92.9 Å². The number of rotatable bonds is 6. The Morgan fingerprint density at radius 1 is 1.38 bits per heavy atom. The van der Waals surface area contributed by atoms with Gasteiger partial charge in [-0.1, -0.05) is 47.5 Å². The Balaban J connectivity index is 1.50. The number of carbonyl (C=O) groups is 1. The minimum Gasteiger partial charge on any atom is -0.360 e. The molecule has 0 aromatic carbocycles. The van der Waals surface area contributed by atoms with E-state index in [1.165, 1.54) is 55.2 Å². The fourth-order valence-corrected chi connectivity index (χ4v) is 4.57. The molecule has 2 N–H and O–H groups in total. The monoisotopic (exact) mass is 367 g/mol. The second-order valence-corrected chi connectivity index (χ2v) is 8.49. The van der Waals surface area contributed by atoms with Gasteiger partial charge in [-0.3, -0.25) is 4.79 Å². The molecule has 1 amide bonds.